The van der Waals surface area contributed by atoms with Gasteiger partial charge in [-0.2, -0.15) is 0 Å². The van der Waals surface area contributed by atoms with E-state index in [1.165, 1.54) is 37.7 Å². The minimum Gasteiger partial charge on any atom is -0.388 e. The van der Waals surface area contributed by atoms with Gasteiger partial charge in [0.05, 0.1) is 6.10 Å². The SMILES string of the molecule is CC(C)(C)c1ccccc1C(O)C1CCCCC1. The third-order valence-electron chi connectivity index (χ3n) is 4.18. The molecule has 0 radical (unpaired) electrons. The molecule has 1 aromatic rings. The van der Waals surface area contributed by atoms with Crippen molar-refractivity contribution >= 4 is 0 Å². The molecule has 1 aromatic carbocycles. The van der Waals surface area contributed by atoms with E-state index in [-0.39, 0.29) is 11.5 Å². The van der Waals surface area contributed by atoms with E-state index >= 15 is 0 Å². The lowest BCUT2D eigenvalue weighted by Gasteiger charge is -2.31. The Morgan fingerprint density at radius 1 is 1.06 bits per heavy atom. The highest BCUT2D eigenvalue weighted by molar-refractivity contribution is 5.34. The molecule has 1 aliphatic carbocycles. The fourth-order valence-electron chi connectivity index (χ4n) is 3.14. The zero-order chi connectivity index (χ0) is 13.2. The number of benzene rings is 1. The van der Waals surface area contributed by atoms with Crippen LogP contribution in [0.1, 0.15) is 70.1 Å². The topological polar surface area (TPSA) is 20.2 Å². The Kier molecular flexibility index (Phi) is 4.11. The van der Waals surface area contributed by atoms with Crippen LogP contribution in [0.4, 0.5) is 0 Å². The summed E-state index contributed by atoms with van der Waals surface area (Å²) in [5, 5.41) is 10.7. The van der Waals surface area contributed by atoms with Gasteiger partial charge in [-0.15, -0.1) is 0 Å². The maximum atomic E-state index is 10.7. The summed E-state index contributed by atoms with van der Waals surface area (Å²) in [6, 6.07) is 8.41. The summed E-state index contributed by atoms with van der Waals surface area (Å²) in [4.78, 5) is 0. The highest BCUT2D eigenvalue weighted by atomic mass is 16.3. The van der Waals surface area contributed by atoms with E-state index in [1.54, 1.807) is 0 Å². The third-order valence-corrected chi connectivity index (χ3v) is 4.18. The Labute approximate surface area is 111 Å². The summed E-state index contributed by atoms with van der Waals surface area (Å²) in [6.07, 6.45) is 5.98. The number of rotatable bonds is 2. The molecule has 2 rings (SSSR count). The molecule has 1 atom stereocenters. The van der Waals surface area contributed by atoms with Crippen LogP contribution in [0.3, 0.4) is 0 Å². The zero-order valence-corrected chi connectivity index (χ0v) is 11.9. The van der Waals surface area contributed by atoms with Crippen molar-refractivity contribution in [2.75, 3.05) is 0 Å². The Morgan fingerprint density at radius 3 is 2.28 bits per heavy atom. The van der Waals surface area contributed by atoms with Crippen molar-refractivity contribution in [1.29, 1.82) is 0 Å². The molecule has 1 nitrogen and oxygen atoms in total. The standard InChI is InChI=1S/C17H26O/c1-17(2,3)15-12-8-7-11-14(15)16(18)13-9-5-4-6-10-13/h7-8,11-13,16,18H,4-6,9-10H2,1-3H3. The average Bonchev–Trinajstić information content (AvgIpc) is 2.38. The van der Waals surface area contributed by atoms with Crippen LogP contribution in [0, 0.1) is 5.92 Å². The maximum absolute atomic E-state index is 10.7. The largest absolute Gasteiger partial charge is 0.388 e. The van der Waals surface area contributed by atoms with Crippen LogP contribution in [0.5, 0.6) is 0 Å². The van der Waals surface area contributed by atoms with Gasteiger partial charge in [0, 0.05) is 0 Å². The molecule has 0 aromatic heterocycles. The van der Waals surface area contributed by atoms with Gasteiger partial charge in [-0.05, 0) is 35.3 Å². The van der Waals surface area contributed by atoms with E-state index in [0.29, 0.717) is 5.92 Å². The van der Waals surface area contributed by atoms with Crippen LogP contribution in [0.25, 0.3) is 0 Å². The van der Waals surface area contributed by atoms with Crippen LogP contribution in [0.2, 0.25) is 0 Å². The Hall–Kier alpha value is -0.820. The minimum atomic E-state index is -0.277. The molecule has 0 spiro atoms. The monoisotopic (exact) mass is 246 g/mol. The molecule has 1 aliphatic rings. The molecular formula is C17H26O. The predicted molar refractivity (Wildman–Crippen MR) is 76.7 cm³/mol. The van der Waals surface area contributed by atoms with Crippen LogP contribution in [0.15, 0.2) is 24.3 Å². The second-order valence-corrected chi connectivity index (χ2v) is 6.68. The first kappa shape index (κ1) is 13.6. The maximum Gasteiger partial charge on any atom is 0.0821 e. The highest BCUT2D eigenvalue weighted by Gasteiger charge is 2.27. The van der Waals surface area contributed by atoms with E-state index in [9.17, 15) is 5.11 Å². The normalized spacial score (nSPS) is 19.8. The molecule has 1 saturated carbocycles. The lowest BCUT2D eigenvalue weighted by molar-refractivity contribution is 0.0833. The fraction of sp³-hybridized carbons (Fsp3) is 0.647. The summed E-state index contributed by atoms with van der Waals surface area (Å²) >= 11 is 0. The first-order chi connectivity index (χ1) is 8.50. The molecule has 0 heterocycles. The van der Waals surface area contributed by atoms with Crippen molar-refractivity contribution in [1.82, 2.24) is 0 Å². The first-order valence-electron chi connectivity index (χ1n) is 7.27. The smallest absolute Gasteiger partial charge is 0.0821 e. The van der Waals surface area contributed by atoms with Gasteiger partial charge >= 0.3 is 0 Å². The quantitative estimate of drug-likeness (QED) is 0.808. The lowest BCUT2D eigenvalue weighted by Crippen LogP contribution is -2.21. The first-order valence-corrected chi connectivity index (χ1v) is 7.27. The van der Waals surface area contributed by atoms with Crippen LogP contribution < -0.4 is 0 Å². The van der Waals surface area contributed by atoms with Crippen molar-refractivity contribution in [2.24, 2.45) is 5.92 Å². The molecule has 18 heavy (non-hydrogen) atoms. The van der Waals surface area contributed by atoms with Crippen molar-refractivity contribution in [3.63, 3.8) is 0 Å². The van der Waals surface area contributed by atoms with Crippen LogP contribution >= 0.6 is 0 Å². The van der Waals surface area contributed by atoms with Crippen molar-refractivity contribution in [3.8, 4) is 0 Å². The van der Waals surface area contributed by atoms with E-state index in [2.05, 4.69) is 45.0 Å². The van der Waals surface area contributed by atoms with Crippen molar-refractivity contribution in [3.05, 3.63) is 35.4 Å². The average molecular weight is 246 g/mol. The number of aliphatic hydroxyl groups excluding tert-OH is 1. The van der Waals surface area contributed by atoms with Crippen molar-refractivity contribution < 1.29 is 5.11 Å². The van der Waals surface area contributed by atoms with Gasteiger partial charge in [-0.1, -0.05) is 64.3 Å². The molecule has 0 amide bonds. The van der Waals surface area contributed by atoms with Gasteiger partial charge in [0.1, 0.15) is 0 Å². The lowest BCUT2D eigenvalue weighted by atomic mass is 9.77. The molecule has 1 N–H and O–H groups in total. The summed E-state index contributed by atoms with van der Waals surface area (Å²) in [5.74, 6) is 0.460. The molecule has 100 valence electrons. The predicted octanol–water partition coefficient (Wildman–Crippen LogP) is 4.60. The molecule has 0 saturated heterocycles. The number of hydrogen-bond acceptors (Lipinski definition) is 1. The second-order valence-electron chi connectivity index (χ2n) is 6.68. The molecule has 1 unspecified atom stereocenters. The number of aliphatic hydroxyl groups is 1. The Bertz CT molecular complexity index is 383. The highest BCUT2D eigenvalue weighted by Crippen LogP contribution is 2.38. The fourth-order valence-corrected chi connectivity index (χ4v) is 3.14. The van der Waals surface area contributed by atoms with Gasteiger partial charge in [0.15, 0.2) is 0 Å². The van der Waals surface area contributed by atoms with Crippen LogP contribution in [-0.2, 0) is 5.41 Å². The van der Waals surface area contributed by atoms with Gasteiger partial charge in [-0.25, -0.2) is 0 Å². The third kappa shape index (κ3) is 2.95. The van der Waals surface area contributed by atoms with Gasteiger partial charge in [0.2, 0.25) is 0 Å². The van der Waals surface area contributed by atoms with Gasteiger partial charge in [0.25, 0.3) is 0 Å². The summed E-state index contributed by atoms with van der Waals surface area (Å²) < 4.78 is 0. The molecule has 1 heteroatoms. The zero-order valence-electron chi connectivity index (χ0n) is 11.9. The van der Waals surface area contributed by atoms with Gasteiger partial charge < -0.3 is 5.11 Å². The van der Waals surface area contributed by atoms with Gasteiger partial charge in [-0.3, -0.25) is 0 Å². The summed E-state index contributed by atoms with van der Waals surface area (Å²) in [7, 11) is 0. The molecule has 0 aliphatic heterocycles. The van der Waals surface area contributed by atoms with E-state index in [0.717, 1.165) is 5.56 Å². The van der Waals surface area contributed by atoms with Crippen molar-refractivity contribution in [2.45, 2.75) is 64.4 Å². The van der Waals surface area contributed by atoms with E-state index in [4.69, 9.17) is 0 Å². The van der Waals surface area contributed by atoms with Crippen LogP contribution in [-0.4, -0.2) is 5.11 Å². The number of hydrogen-bond donors (Lipinski definition) is 1. The Morgan fingerprint density at radius 2 is 1.67 bits per heavy atom. The molecular weight excluding hydrogens is 220 g/mol. The minimum absolute atomic E-state index is 0.103. The second kappa shape index (κ2) is 5.44. The Balaban J connectivity index is 2.26. The summed E-state index contributed by atoms with van der Waals surface area (Å²) in [5.41, 5.74) is 2.55. The van der Waals surface area contributed by atoms with E-state index < -0.39 is 0 Å². The molecule has 1 fully saturated rings. The van der Waals surface area contributed by atoms with E-state index in [1.807, 2.05) is 0 Å². The summed E-state index contributed by atoms with van der Waals surface area (Å²) in [6.45, 7) is 6.66. The molecule has 0 bridgehead atoms.